The molecule has 0 aliphatic rings. The summed E-state index contributed by atoms with van der Waals surface area (Å²) in [7, 11) is 0. The van der Waals surface area contributed by atoms with Gasteiger partial charge in [0.2, 0.25) is 5.91 Å². The highest BCUT2D eigenvalue weighted by Crippen LogP contribution is 2.32. The number of nitriles is 1. The summed E-state index contributed by atoms with van der Waals surface area (Å²) in [6.45, 7) is 6.33. The Bertz CT molecular complexity index is 473. The highest BCUT2D eigenvalue weighted by molar-refractivity contribution is 7.16. The lowest BCUT2D eigenvalue weighted by atomic mass is 10.0. The molecule has 98 valence electrons. The summed E-state index contributed by atoms with van der Waals surface area (Å²) in [4.78, 5) is 13.0. The summed E-state index contributed by atoms with van der Waals surface area (Å²) >= 11 is 1.46. The predicted octanol–water partition coefficient (Wildman–Crippen LogP) is 2.55. The molecular formula is C13H19N3OS. The molecule has 0 aliphatic heterocycles. The van der Waals surface area contributed by atoms with E-state index in [1.54, 1.807) is 0 Å². The van der Waals surface area contributed by atoms with Crippen LogP contribution in [0.1, 0.15) is 35.8 Å². The normalized spacial score (nSPS) is 11.9. The van der Waals surface area contributed by atoms with Crippen molar-refractivity contribution in [2.24, 2.45) is 11.7 Å². The van der Waals surface area contributed by atoms with Crippen LogP contribution in [0.2, 0.25) is 0 Å². The fraction of sp³-hybridized carbons (Fsp3) is 0.538. The highest BCUT2D eigenvalue weighted by Gasteiger charge is 2.17. The van der Waals surface area contributed by atoms with Crippen molar-refractivity contribution >= 4 is 22.2 Å². The van der Waals surface area contributed by atoms with Crippen LogP contribution in [0.5, 0.6) is 0 Å². The molecular weight excluding hydrogens is 246 g/mol. The molecule has 0 fully saturated rings. The van der Waals surface area contributed by atoms with Gasteiger partial charge in [-0.3, -0.25) is 4.79 Å². The Morgan fingerprint density at radius 1 is 1.56 bits per heavy atom. The van der Waals surface area contributed by atoms with Gasteiger partial charge in [-0.2, -0.15) is 5.26 Å². The average molecular weight is 265 g/mol. The van der Waals surface area contributed by atoms with Crippen molar-refractivity contribution in [3.8, 4) is 6.07 Å². The SMILES string of the molecule is Cc1sc(NC(=O)C(C)CCCN)c(C#N)c1C. The van der Waals surface area contributed by atoms with Gasteiger partial charge in [0.15, 0.2) is 0 Å². The number of nitrogens with one attached hydrogen (secondary N) is 1. The van der Waals surface area contributed by atoms with Gasteiger partial charge in [0.25, 0.3) is 0 Å². The van der Waals surface area contributed by atoms with Crippen LogP contribution in [0.3, 0.4) is 0 Å². The van der Waals surface area contributed by atoms with E-state index < -0.39 is 0 Å². The second-order valence-corrected chi connectivity index (χ2v) is 5.65. The first-order valence-electron chi connectivity index (χ1n) is 6.02. The molecule has 0 saturated heterocycles. The van der Waals surface area contributed by atoms with Crippen molar-refractivity contribution in [2.45, 2.75) is 33.6 Å². The van der Waals surface area contributed by atoms with Crippen LogP contribution >= 0.6 is 11.3 Å². The lowest BCUT2D eigenvalue weighted by Gasteiger charge is -2.10. The number of anilines is 1. The molecule has 1 unspecified atom stereocenters. The highest BCUT2D eigenvalue weighted by atomic mass is 32.1. The zero-order chi connectivity index (χ0) is 13.7. The quantitative estimate of drug-likeness (QED) is 0.858. The van der Waals surface area contributed by atoms with Crippen molar-refractivity contribution in [1.82, 2.24) is 0 Å². The van der Waals surface area contributed by atoms with E-state index in [4.69, 9.17) is 11.0 Å². The van der Waals surface area contributed by atoms with E-state index in [1.807, 2.05) is 20.8 Å². The Kier molecular flexibility index (Phi) is 5.32. The summed E-state index contributed by atoms with van der Waals surface area (Å²) < 4.78 is 0. The fourth-order valence-electron chi connectivity index (χ4n) is 1.64. The Hall–Kier alpha value is -1.38. The average Bonchev–Trinajstić information content (AvgIpc) is 2.61. The van der Waals surface area contributed by atoms with Gasteiger partial charge in [-0.15, -0.1) is 11.3 Å². The predicted molar refractivity (Wildman–Crippen MR) is 74.6 cm³/mol. The van der Waals surface area contributed by atoms with Crippen LogP contribution in [0.15, 0.2) is 0 Å². The largest absolute Gasteiger partial charge is 0.330 e. The lowest BCUT2D eigenvalue weighted by molar-refractivity contribution is -0.119. The van der Waals surface area contributed by atoms with Crippen LogP contribution in [0.25, 0.3) is 0 Å². The van der Waals surface area contributed by atoms with Crippen LogP contribution in [-0.2, 0) is 4.79 Å². The first-order valence-corrected chi connectivity index (χ1v) is 6.83. The monoisotopic (exact) mass is 265 g/mol. The minimum absolute atomic E-state index is 0.0406. The molecule has 0 radical (unpaired) electrons. The standard InChI is InChI=1S/C13H19N3OS/c1-8(5-4-6-14)12(17)16-13-11(7-15)9(2)10(3)18-13/h8H,4-6,14H2,1-3H3,(H,16,17). The molecule has 18 heavy (non-hydrogen) atoms. The van der Waals surface area contributed by atoms with Crippen LogP contribution in [0.4, 0.5) is 5.00 Å². The second kappa shape index (κ2) is 6.53. The third-order valence-electron chi connectivity index (χ3n) is 3.02. The summed E-state index contributed by atoms with van der Waals surface area (Å²) in [5, 5.41) is 12.6. The van der Waals surface area contributed by atoms with Gasteiger partial charge < -0.3 is 11.1 Å². The molecule has 4 nitrogen and oxygen atoms in total. The number of aryl methyl sites for hydroxylation is 1. The van der Waals surface area contributed by atoms with Gasteiger partial charge in [-0.25, -0.2) is 0 Å². The summed E-state index contributed by atoms with van der Waals surface area (Å²) in [5.41, 5.74) is 6.96. The maximum atomic E-state index is 12.0. The van der Waals surface area contributed by atoms with Gasteiger partial charge in [-0.05, 0) is 38.8 Å². The number of nitrogens with two attached hydrogens (primary N) is 1. The molecule has 1 aromatic rings. The van der Waals surface area contributed by atoms with Gasteiger partial charge in [-0.1, -0.05) is 6.92 Å². The number of carbonyl (C=O) groups is 1. The second-order valence-electron chi connectivity index (χ2n) is 4.42. The maximum Gasteiger partial charge on any atom is 0.227 e. The zero-order valence-electron chi connectivity index (χ0n) is 11.0. The first-order chi connectivity index (χ1) is 8.51. The smallest absolute Gasteiger partial charge is 0.227 e. The first kappa shape index (κ1) is 14.7. The van der Waals surface area contributed by atoms with E-state index in [9.17, 15) is 4.79 Å². The molecule has 0 saturated carbocycles. The van der Waals surface area contributed by atoms with E-state index in [0.717, 1.165) is 23.3 Å². The lowest BCUT2D eigenvalue weighted by Crippen LogP contribution is -2.21. The zero-order valence-corrected chi connectivity index (χ0v) is 11.9. The molecule has 1 atom stereocenters. The van der Waals surface area contributed by atoms with Crippen molar-refractivity contribution in [2.75, 3.05) is 11.9 Å². The van der Waals surface area contributed by atoms with E-state index in [0.29, 0.717) is 17.1 Å². The van der Waals surface area contributed by atoms with Gasteiger partial charge >= 0.3 is 0 Å². The van der Waals surface area contributed by atoms with E-state index >= 15 is 0 Å². The van der Waals surface area contributed by atoms with Crippen molar-refractivity contribution in [3.05, 3.63) is 16.0 Å². The number of amides is 1. The van der Waals surface area contributed by atoms with Crippen molar-refractivity contribution in [1.29, 1.82) is 5.26 Å². The van der Waals surface area contributed by atoms with E-state index in [-0.39, 0.29) is 11.8 Å². The molecule has 0 aromatic carbocycles. The van der Waals surface area contributed by atoms with Crippen LogP contribution in [-0.4, -0.2) is 12.5 Å². The van der Waals surface area contributed by atoms with Crippen LogP contribution in [0, 0.1) is 31.1 Å². The third-order valence-corrected chi connectivity index (χ3v) is 4.15. The van der Waals surface area contributed by atoms with Crippen LogP contribution < -0.4 is 11.1 Å². The minimum atomic E-state index is -0.0807. The van der Waals surface area contributed by atoms with Gasteiger partial charge in [0.05, 0.1) is 5.56 Å². The molecule has 1 rings (SSSR count). The molecule has 5 heteroatoms. The number of rotatable bonds is 5. The molecule has 3 N–H and O–H groups in total. The fourth-order valence-corrected chi connectivity index (χ4v) is 2.65. The molecule has 1 aromatic heterocycles. The van der Waals surface area contributed by atoms with Gasteiger partial charge in [0, 0.05) is 10.8 Å². The Morgan fingerprint density at radius 3 is 2.78 bits per heavy atom. The van der Waals surface area contributed by atoms with E-state index in [1.165, 1.54) is 11.3 Å². The Balaban J connectivity index is 2.76. The van der Waals surface area contributed by atoms with Crippen molar-refractivity contribution < 1.29 is 4.79 Å². The van der Waals surface area contributed by atoms with Gasteiger partial charge in [0.1, 0.15) is 11.1 Å². The number of hydrogen-bond donors (Lipinski definition) is 2. The number of carbonyl (C=O) groups excluding carboxylic acids is 1. The minimum Gasteiger partial charge on any atom is -0.330 e. The molecule has 0 aliphatic carbocycles. The number of nitrogens with zero attached hydrogens (tertiary/aromatic N) is 1. The summed E-state index contributed by atoms with van der Waals surface area (Å²) in [6.07, 6.45) is 1.61. The molecule has 0 bridgehead atoms. The van der Waals surface area contributed by atoms with E-state index in [2.05, 4.69) is 11.4 Å². The van der Waals surface area contributed by atoms with Crippen molar-refractivity contribution in [3.63, 3.8) is 0 Å². The Morgan fingerprint density at radius 2 is 2.22 bits per heavy atom. The number of thiophene rings is 1. The molecule has 1 heterocycles. The summed E-state index contributed by atoms with van der Waals surface area (Å²) in [6, 6.07) is 2.15. The molecule has 1 amide bonds. The molecule has 0 spiro atoms. The maximum absolute atomic E-state index is 12.0. The Labute approximate surface area is 112 Å². The third kappa shape index (κ3) is 3.31. The number of hydrogen-bond acceptors (Lipinski definition) is 4. The summed E-state index contributed by atoms with van der Waals surface area (Å²) in [5.74, 6) is -0.121. The topological polar surface area (TPSA) is 78.9 Å².